The third-order valence-corrected chi connectivity index (χ3v) is 5.03. The summed E-state index contributed by atoms with van der Waals surface area (Å²) in [7, 11) is 0. The number of rotatable bonds is 2. The standard InChI is InChI=1S/C15H28N2O.ClH/c1-10-5-4-6-14(12(10)3)17-15(18)13-7-8-16-11(2)9-13;/h10-14,16H,4-9H2,1-3H3,(H,17,18);1H/t10?,11-,12?,13-,14?;/m0./s1. The van der Waals surface area contributed by atoms with Crippen LogP contribution in [0.1, 0.15) is 52.9 Å². The molecule has 112 valence electrons. The first-order valence-corrected chi connectivity index (χ1v) is 7.61. The van der Waals surface area contributed by atoms with Crippen molar-refractivity contribution in [2.24, 2.45) is 17.8 Å². The van der Waals surface area contributed by atoms with Crippen LogP contribution in [0.5, 0.6) is 0 Å². The molecule has 0 aromatic carbocycles. The summed E-state index contributed by atoms with van der Waals surface area (Å²) in [5.41, 5.74) is 0. The predicted octanol–water partition coefficient (Wildman–Crippen LogP) is 2.74. The highest BCUT2D eigenvalue weighted by Crippen LogP contribution is 2.30. The van der Waals surface area contributed by atoms with E-state index in [1.54, 1.807) is 0 Å². The molecule has 0 radical (unpaired) electrons. The van der Waals surface area contributed by atoms with Crippen LogP contribution in [0, 0.1) is 17.8 Å². The van der Waals surface area contributed by atoms with E-state index >= 15 is 0 Å². The van der Waals surface area contributed by atoms with E-state index in [0.717, 1.165) is 31.7 Å². The topological polar surface area (TPSA) is 41.1 Å². The third kappa shape index (κ3) is 4.35. The van der Waals surface area contributed by atoms with Gasteiger partial charge in [0.1, 0.15) is 0 Å². The Morgan fingerprint density at radius 1 is 1.16 bits per heavy atom. The molecule has 3 unspecified atom stereocenters. The lowest BCUT2D eigenvalue weighted by Gasteiger charge is -2.36. The molecule has 2 fully saturated rings. The number of nitrogens with one attached hydrogen (secondary N) is 2. The zero-order chi connectivity index (χ0) is 13.1. The summed E-state index contributed by atoms with van der Waals surface area (Å²) in [6, 6.07) is 0.892. The zero-order valence-corrected chi connectivity index (χ0v) is 13.3. The van der Waals surface area contributed by atoms with E-state index in [2.05, 4.69) is 31.4 Å². The molecule has 0 bridgehead atoms. The molecule has 5 atom stereocenters. The van der Waals surface area contributed by atoms with Gasteiger partial charge in [0.15, 0.2) is 0 Å². The zero-order valence-electron chi connectivity index (χ0n) is 12.4. The van der Waals surface area contributed by atoms with Crippen molar-refractivity contribution in [2.75, 3.05) is 6.54 Å². The molecular formula is C15H29ClN2O. The molecule has 2 aliphatic rings. The fourth-order valence-electron chi connectivity index (χ4n) is 3.46. The van der Waals surface area contributed by atoms with Gasteiger partial charge in [-0.25, -0.2) is 0 Å². The normalized spacial score (nSPS) is 39.2. The molecule has 0 aromatic heterocycles. The van der Waals surface area contributed by atoms with Gasteiger partial charge in [0.2, 0.25) is 5.91 Å². The fraction of sp³-hybridized carbons (Fsp3) is 0.933. The highest BCUT2D eigenvalue weighted by Gasteiger charge is 2.31. The molecule has 19 heavy (non-hydrogen) atoms. The number of amides is 1. The van der Waals surface area contributed by atoms with Crippen molar-refractivity contribution < 1.29 is 4.79 Å². The van der Waals surface area contributed by atoms with E-state index in [1.165, 1.54) is 12.8 Å². The lowest BCUT2D eigenvalue weighted by Crippen LogP contribution is -2.48. The summed E-state index contributed by atoms with van der Waals surface area (Å²) in [4.78, 5) is 12.3. The average Bonchev–Trinajstić information content (AvgIpc) is 2.35. The molecule has 0 spiro atoms. The molecule has 1 heterocycles. The van der Waals surface area contributed by atoms with Crippen LogP contribution in [0.2, 0.25) is 0 Å². The minimum atomic E-state index is 0. The molecule has 1 saturated heterocycles. The van der Waals surface area contributed by atoms with Gasteiger partial charge in [-0.15, -0.1) is 12.4 Å². The predicted molar refractivity (Wildman–Crippen MR) is 81.5 cm³/mol. The Morgan fingerprint density at radius 3 is 2.58 bits per heavy atom. The maximum Gasteiger partial charge on any atom is 0.223 e. The Bertz CT molecular complexity index is 298. The second-order valence-electron chi connectivity index (χ2n) is 6.46. The van der Waals surface area contributed by atoms with E-state index < -0.39 is 0 Å². The molecule has 1 aliphatic carbocycles. The van der Waals surface area contributed by atoms with Gasteiger partial charge in [-0.05, 0) is 44.6 Å². The average molecular weight is 289 g/mol. The van der Waals surface area contributed by atoms with Crippen molar-refractivity contribution >= 4 is 18.3 Å². The molecule has 2 rings (SSSR count). The van der Waals surface area contributed by atoms with Gasteiger partial charge < -0.3 is 10.6 Å². The summed E-state index contributed by atoms with van der Waals surface area (Å²) in [6.45, 7) is 7.76. The molecule has 3 nitrogen and oxygen atoms in total. The van der Waals surface area contributed by atoms with Crippen LogP contribution in [0.15, 0.2) is 0 Å². The molecule has 4 heteroatoms. The largest absolute Gasteiger partial charge is 0.353 e. The van der Waals surface area contributed by atoms with Gasteiger partial charge in [-0.2, -0.15) is 0 Å². The van der Waals surface area contributed by atoms with Crippen LogP contribution in [-0.4, -0.2) is 24.5 Å². The van der Waals surface area contributed by atoms with E-state index in [0.29, 0.717) is 23.9 Å². The number of carbonyl (C=O) groups is 1. The SMILES string of the molecule is CC1CCCC(NC(=O)[C@H]2CCN[C@@H](C)C2)C1C.Cl. The van der Waals surface area contributed by atoms with Crippen molar-refractivity contribution in [3.63, 3.8) is 0 Å². The number of halogens is 1. The van der Waals surface area contributed by atoms with Crippen LogP contribution in [-0.2, 0) is 4.79 Å². The summed E-state index contributed by atoms with van der Waals surface area (Å²) < 4.78 is 0. The quantitative estimate of drug-likeness (QED) is 0.820. The van der Waals surface area contributed by atoms with E-state index in [-0.39, 0.29) is 18.3 Å². The Hall–Kier alpha value is -0.280. The van der Waals surface area contributed by atoms with Gasteiger partial charge in [-0.3, -0.25) is 4.79 Å². The van der Waals surface area contributed by atoms with Crippen molar-refractivity contribution in [1.29, 1.82) is 0 Å². The van der Waals surface area contributed by atoms with Crippen LogP contribution >= 0.6 is 12.4 Å². The summed E-state index contributed by atoms with van der Waals surface area (Å²) in [5.74, 6) is 1.90. The summed E-state index contributed by atoms with van der Waals surface area (Å²) in [5, 5.41) is 6.73. The van der Waals surface area contributed by atoms with Crippen LogP contribution in [0.4, 0.5) is 0 Å². The van der Waals surface area contributed by atoms with Crippen LogP contribution < -0.4 is 10.6 Å². The maximum atomic E-state index is 12.3. The monoisotopic (exact) mass is 288 g/mol. The Morgan fingerprint density at radius 2 is 1.89 bits per heavy atom. The van der Waals surface area contributed by atoms with Gasteiger partial charge in [-0.1, -0.05) is 26.7 Å². The van der Waals surface area contributed by atoms with Crippen molar-refractivity contribution in [2.45, 2.75) is 65.0 Å². The second-order valence-corrected chi connectivity index (χ2v) is 6.46. The minimum absolute atomic E-state index is 0. The van der Waals surface area contributed by atoms with Gasteiger partial charge in [0.05, 0.1) is 0 Å². The van der Waals surface area contributed by atoms with Crippen molar-refractivity contribution in [3.8, 4) is 0 Å². The highest BCUT2D eigenvalue weighted by atomic mass is 35.5. The van der Waals surface area contributed by atoms with Crippen molar-refractivity contribution in [1.82, 2.24) is 10.6 Å². The first-order chi connectivity index (χ1) is 8.58. The second kappa shape index (κ2) is 7.49. The van der Waals surface area contributed by atoms with Crippen LogP contribution in [0.3, 0.4) is 0 Å². The third-order valence-electron chi connectivity index (χ3n) is 5.03. The molecule has 1 aliphatic heterocycles. The van der Waals surface area contributed by atoms with Crippen molar-refractivity contribution in [3.05, 3.63) is 0 Å². The Kier molecular flexibility index (Phi) is 6.61. The number of carbonyl (C=O) groups excluding carboxylic acids is 1. The highest BCUT2D eigenvalue weighted by molar-refractivity contribution is 5.85. The summed E-state index contributed by atoms with van der Waals surface area (Å²) in [6.07, 6.45) is 5.73. The number of hydrogen-bond donors (Lipinski definition) is 2. The number of piperidine rings is 1. The Labute approximate surface area is 123 Å². The van der Waals surface area contributed by atoms with Gasteiger partial charge >= 0.3 is 0 Å². The van der Waals surface area contributed by atoms with E-state index in [1.807, 2.05) is 0 Å². The molecule has 0 aromatic rings. The fourth-order valence-corrected chi connectivity index (χ4v) is 3.46. The Balaban J connectivity index is 0.00000180. The van der Waals surface area contributed by atoms with E-state index in [4.69, 9.17) is 0 Å². The van der Waals surface area contributed by atoms with Crippen LogP contribution in [0.25, 0.3) is 0 Å². The first kappa shape index (κ1) is 16.8. The maximum absolute atomic E-state index is 12.3. The first-order valence-electron chi connectivity index (χ1n) is 7.61. The molecule has 1 amide bonds. The molecule has 1 saturated carbocycles. The van der Waals surface area contributed by atoms with Gasteiger partial charge in [0.25, 0.3) is 0 Å². The minimum Gasteiger partial charge on any atom is -0.353 e. The smallest absolute Gasteiger partial charge is 0.223 e. The van der Waals surface area contributed by atoms with E-state index in [9.17, 15) is 4.79 Å². The summed E-state index contributed by atoms with van der Waals surface area (Å²) >= 11 is 0. The number of hydrogen-bond acceptors (Lipinski definition) is 2. The lowest BCUT2D eigenvalue weighted by molar-refractivity contribution is -0.127. The molecular weight excluding hydrogens is 260 g/mol. The lowest BCUT2D eigenvalue weighted by atomic mass is 9.77. The molecule has 2 N–H and O–H groups in total. The van der Waals surface area contributed by atoms with Gasteiger partial charge in [0, 0.05) is 18.0 Å².